The highest BCUT2D eigenvalue weighted by molar-refractivity contribution is 7.99. The van der Waals surface area contributed by atoms with E-state index < -0.39 is 12.0 Å². The van der Waals surface area contributed by atoms with Gasteiger partial charge in [0.05, 0.1) is 7.11 Å². The molecule has 17 heavy (non-hydrogen) atoms. The van der Waals surface area contributed by atoms with Crippen LogP contribution < -0.4 is 10.1 Å². The number of hydrogen-bond donors (Lipinski definition) is 2. The third-order valence-corrected chi connectivity index (χ3v) is 3.33. The number of likely N-dealkylation sites (N-methyl/N-ethyl adjacent to an activating group) is 1. The Morgan fingerprint density at radius 2 is 2.12 bits per heavy atom. The summed E-state index contributed by atoms with van der Waals surface area (Å²) in [6, 6.07) is 7.08. The molecule has 1 aromatic carbocycles. The first-order chi connectivity index (χ1) is 8.17. The maximum absolute atomic E-state index is 10.9. The molecule has 1 aromatic rings. The standard InChI is InChI=1S/C12H17NO3S/c1-3-13-11(12(14)15)8-17-10-6-4-9(16-2)5-7-10/h4-7,11,13H,3,8H2,1-2H3,(H,14,15). The van der Waals surface area contributed by atoms with Gasteiger partial charge in [-0.3, -0.25) is 4.79 Å². The van der Waals surface area contributed by atoms with Crippen LogP contribution >= 0.6 is 11.8 Å². The van der Waals surface area contributed by atoms with Gasteiger partial charge in [-0.05, 0) is 30.8 Å². The van der Waals surface area contributed by atoms with E-state index in [2.05, 4.69) is 5.32 Å². The van der Waals surface area contributed by atoms with Crippen molar-refractivity contribution in [3.63, 3.8) is 0 Å². The first-order valence-electron chi connectivity index (χ1n) is 5.40. The molecule has 1 rings (SSSR count). The minimum Gasteiger partial charge on any atom is -0.497 e. The van der Waals surface area contributed by atoms with E-state index in [-0.39, 0.29) is 0 Å². The molecule has 0 saturated carbocycles. The van der Waals surface area contributed by atoms with Crippen molar-refractivity contribution in [3.8, 4) is 5.75 Å². The van der Waals surface area contributed by atoms with Crippen LogP contribution in [-0.2, 0) is 4.79 Å². The van der Waals surface area contributed by atoms with Crippen molar-refractivity contribution in [2.24, 2.45) is 0 Å². The first kappa shape index (κ1) is 13.9. The number of thioether (sulfide) groups is 1. The van der Waals surface area contributed by atoms with E-state index in [9.17, 15) is 4.79 Å². The molecule has 2 N–H and O–H groups in total. The molecule has 0 fully saturated rings. The molecular formula is C12H17NO3S. The molecule has 0 aromatic heterocycles. The van der Waals surface area contributed by atoms with Gasteiger partial charge in [0.2, 0.25) is 0 Å². The normalized spacial score (nSPS) is 12.1. The van der Waals surface area contributed by atoms with Crippen LogP contribution in [0.5, 0.6) is 5.75 Å². The highest BCUT2D eigenvalue weighted by Crippen LogP contribution is 2.21. The van der Waals surface area contributed by atoms with E-state index in [0.717, 1.165) is 10.6 Å². The fourth-order valence-corrected chi connectivity index (χ4v) is 2.26. The quantitative estimate of drug-likeness (QED) is 0.728. The molecule has 0 saturated heterocycles. The number of hydrogen-bond acceptors (Lipinski definition) is 4. The lowest BCUT2D eigenvalue weighted by Crippen LogP contribution is -2.38. The van der Waals surface area contributed by atoms with Gasteiger partial charge >= 0.3 is 5.97 Å². The van der Waals surface area contributed by atoms with Gasteiger partial charge in [0.25, 0.3) is 0 Å². The molecule has 5 heteroatoms. The molecular weight excluding hydrogens is 238 g/mol. The van der Waals surface area contributed by atoms with Crippen LogP contribution in [0.25, 0.3) is 0 Å². The number of carboxylic acids is 1. The van der Waals surface area contributed by atoms with Crippen molar-refractivity contribution in [1.29, 1.82) is 0 Å². The number of rotatable bonds is 7. The van der Waals surface area contributed by atoms with Crippen molar-refractivity contribution in [1.82, 2.24) is 5.32 Å². The number of carbonyl (C=O) groups is 1. The summed E-state index contributed by atoms with van der Waals surface area (Å²) in [5, 5.41) is 11.9. The fraction of sp³-hybridized carbons (Fsp3) is 0.417. The maximum Gasteiger partial charge on any atom is 0.321 e. The number of aliphatic carboxylic acids is 1. The Hall–Kier alpha value is -1.20. The fourth-order valence-electron chi connectivity index (χ4n) is 1.32. The second-order valence-electron chi connectivity index (χ2n) is 3.44. The Morgan fingerprint density at radius 3 is 2.59 bits per heavy atom. The van der Waals surface area contributed by atoms with Gasteiger partial charge in [0, 0.05) is 10.6 Å². The van der Waals surface area contributed by atoms with Gasteiger partial charge in [-0.25, -0.2) is 0 Å². The molecule has 1 unspecified atom stereocenters. The van der Waals surface area contributed by atoms with E-state index in [0.29, 0.717) is 12.3 Å². The van der Waals surface area contributed by atoms with Crippen LogP contribution in [0.15, 0.2) is 29.2 Å². The average Bonchev–Trinajstić information content (AvgIpc) is 2.34. The van der Waals surface area contributed by atoms with Crippen LogP contribution in [0.4, 0.5) is 0 Å². The van der Waals surface area contributed by atoms with Gasteiger partial charge < -0.3 is 15.2 Å². The van der Waals surface area contributed by atoms with Crippen molar-refractivity contribution in [2.45, 2.75) is 17.9 Å². The lowest BCUT2D eigenvalue weighted by atomic mass is 10.3. The first-order valence-corrected chi connectivity index (χ1v) is 6.39. The third-order valence-electron chi connectivity index (χ3n) is 2.22. The number of ether oxygens (including phenoxy) is 1. The zero-order valence-corrected chi connectivity index (χ0v) is 10.8. The molecule has 0 aliphatic carbocycles. The lowest BCUT2D eigenvalue weighted by molar-refractivity contribution is -0.138. The molecule has 0 heterocycles. The van der Waals surface area contributed by atoms with Gasteiger partial charge in [-0.1, -0.05) is 6.92 Å². The maximum atomic E-state index is 10.9. The van der Waals surface area contributed by atoms with Crippen molar-refractivity contribution < 1.29 is 14.6 Å². The van der Waals surface area contributed by atoms with Crippen LogP contribution in [0.1, 0.15) is 6.92 Å². The number of methoxy groups -OCH3 is 1. The largest absolute Gasteiger partial charge is 0.497 e. The van der Waals surface area contributed by atoms with Crippen LogP contribution in [-0.4, -0.2) is 36.5 Å². The van der Waals surface area contributed by atoms with Crippen LogP contribution in [0.3, 0.4) is 0 Å². The van der Waals surface area contributed by atoms with E-state index in [1.807, 2.05) is 31.2 Å². The SMILES string of the molecule is CCNC(CSc1ccc(OC)cc1)C(=O)O. The van der Waals surface area contributed by atoms with Gasteiger partial charge in [0.15, 0.2) is 0 Å². The molecule has 94 valence electrons. The summed E-state index contributed by atoms with van der Waals surface area (Å²) in [5.74, 6) is 0.499. The molecule has 0 spiro atoms. The van der Waals surface area contributed by atoms with Crippen LogP contribution in [0.2, 0.25) is 0 Å². The molecule has 0 amide bonds. The topological polar surface area (TPSA) is 58.6 Å². The molecule has 0 radical (unpaired) electrons. The van der Waals surface area contributed by atoms with E-state index in [1.54, 1.807) is 7.11 Å². The Bertz CT molecular complexity index is 353. The summed E-state index contributed by atoms with van der Waals surface area (Å²) >= 11 is 1.52. The predicted molar refractivity (Wildman–Crippen MR) is 68.8 cm³/mol. The highest BCUT2D eigenvalue weighted by Gasteiger charge is 2.15. The molecule has 0 aliphatic rings. The van der Waals surface area contributed by atoms with Crippen LogP contribution in [0, 0.1) is 0 Å². The van der Waals surface area contributed by atoms with Crippen molar-refractivity contribution >= 4 is 17.7 Å². The average molecular weight is 255 g/mol. The predicted octanol–water partition coefficient (Wildman–Crippen LogP) is 1.85. The van der Waals surface area contributed by atoms with Gasteiger partial charge in [-0.15, -0.1) is 11.8 Å². The Morgan fingerprint density at radius 1 is 1.47 bits per heavy atom. The van der Waals surface area contributed by atoms with Crippen molar-refractivity contribution in [2.75, 3.05) is 19.4 Å². The van der Waals surface area contributed by atoms with Gasteiger partial charge in [0.1, 0.15) is 11.8 Å². The minimum atomic E-state index is -0.812. The van der Waals surface area contributed by atoms with Gasteiger partial charge in [-0.2, -0.15) is 0 Å². The second kappa shape index (κ2) is 7.19. The zero-order valence-electron chi connectivity index (χ0n) is 9.97. The number of nitrogens with one attached hydrogen (secondary N) is 1. The summed E-state index contributed by atoms with van der Waals surface area (Å²) in [6.45, 7) is 2.55. The molecule has 0 aliphatic heterocycles. The summed E-state index contributed by atoms with van der Waals surface area (Å²) in [5.41, 5.74) is 0. The smallest absolute Gasteiger partial charge is 0.321 e. The monoisotopic (exact) mass is 255 g/mol. The molecule has 1 atom stereocenters. The lowest BCUT2D eigenvalue weighted by Gasteiger charge is -2.12. The summed E-state index contributed by atoms with van der Waals surface area (Å²) in [7, 11) is 1.62. The number of benzene rings is 1. The Labute approximate surface area is 105 Å². The van der Waals surface area contributed by atoms with E-state index in [1.165, 1.54) is 11.8 Å². The number of carboxylic acid groups (broad SMARTS) is 1. The zero-order chi connectivity index (χ0) is 12.7. The summed E-state index contributed by atoms with van der Waals surface area (Å²) < 4.78 is 5.06. The molecule has 0 bridgehead atoms. The Kier molecular flexibility index (Phi) is 5.86. The van der Waals surface area contributed by atoms with E-state index in [4.69, 9.17) is 9.84 Å². The summed E-state index contributed by atoms with van der Waals surface area (Å²) in [4.78, 5) is 12.0. The summed E-state index contributed by atoms with van der Waals surface area (Å²) in [6.07, 6.45) is 0. The highest BCUT2D eigenvalue weighted by atomic mass is 32.2. The molecule has 4 nitrogen and oxygen atoms in total. The minimum absolute atomic E-state index is 0.507. The second-order valence-corrected chi connectivity index (χ2v) is 4.53. The van der Waals surface area contributed by atoms with Crippen molar-refractivity contribution in [3.05, 3.63) is 24.3 Å². The Balaban J connectivity index is 2.50. The third kappa shape index (κ3) is 4.66. The van der Waals surface area contributed by atoms with E-state index >= 15 is 0 Å².